The second kappa shape index (κ2) is 4.44. The average molecular weight is 296 g/mol. The second-order valence-corrected chi connectivity index (χ2v) is 7.19. The fourth-order valence-corrected chi connectivity index (χ4v) is 4.07. The molecular weight excluding hydrogens is 280 g/mol. The van der Waals surface area contributed by atoms with Crippen LogP contribution in [0.4, 0.5) is 0 Å². The van der Waals surface area contributed by atoms with Gasteiger partial charge in [0.1, 0.15) is 0 Å². The molecular formula is C12H16N4O3S. The molecule has 3 rings (SSSR count). The van der Waals surface area contributed by atoms with Gasteiger partial charge >= 0.3 is 5.69 Å². The van der Waals surface area contributed by atoms with Crippen molar-refractivity contribution in [2.75, 3.05) is 13.1 Å². The number of H-pyrrole nitrogens is 2. The minimum absolute atomic E-state index is 0.138. The van der Waals surface area contributed by atoms with Crippen LogP contribution in [0.5, 0.6) is 0 Å². The van der Waals surface area contributed by atoms with Gasteiger partial charge in [-0.1, -0.05) is 6.92 Å². The lowest BCUT2D eigenvalue weighted by Gasteiger charge is -2.15. The Morgan fingerprint density at radius 3 is 2.60 bits per heavy atom. The largest absolute Gasteiger partial charge is 0.326 e. The molecule has 1 aliphatic rings. The standard InChI is InChI=1S/C12H16N4O3S/c1-7-5-16(6-9(7)13)20(18,19)8-2-3-10-11(4-8)15-12(17)14-10/h2-4,7,9H,5-6,13H2,1H3,(H2,14,15,17). The van der Waals surface area contributed by atoms with E-state index in [1.165, 1.54) is 16.4 Å². The molecule has 0 radical (unpaired) electrons. The summed E-state index contributed by atoms with van der Waals surface area (Å²) in [5.41, 5.74) is 6.59. The Kier molecular flexibility index (Phi) is 2.96. The number of imidazole rings is 1. The van der Waals surface area contributed by atoms with Crippen LogP contribution in [0.3, 0.4) is 0 Å². The Morgan fingerprint density at radius 2 is 1.95 bits per heavy atom. The highest BCUT2D eigenvalue weighted by atomic mass is 32.2. The summed E-state index contributed by atoms with van der Waals surface area (Å²) in [6.07, 6.45) is 0. The third kappa shape index (κ3) is 2.05. The Balaban J connectivity index is 2.03. The zero-order valence-electron chi connectivity index (χ0n) is 11.0. The van der Waals surface area contributed by atoms with Crippen LogP contribution in [0.25, 0.3) is 11.0 Å². The van der Waals surface area contributed by atoms with Crippen LogP contribution >= 0.6 is 0 Å². The predicted octanol–water partition coefficient (Wildman–Crippen LogP) is -0.176. The highest BCUT2D eigenvalue weighted by Crippen LogP contribution is 2.24. The van der Waals surface area contributed by atoms with Gasteiger partial charge in [-0.25, -0.2) is 13.2 Å². The summed E-state index contributed by atoms with van der Waals surface area (Å²) in [5, 5.41) is 0. The fraction of sp³-hybridized carbons (Fsp3) is 0.417. The van der Waals surface area contributed by atoms with Crippen molar-refractivity contribution in [3.63, 3.8) is 0 Å². The highest BCUT2D eigenvalue weighted by molar-refractivity contribution is 7.89. The van der Waals surface area contributed by atoms with Crippen molar-refractivity contribution in [3.8, 4) is 0 Å². The molecule has 7 nitrogen and oxygen atoms in total. The Morgan fingerprint density at radius 1 is 1.25 bits per heavy atom. The smallest absolute Gasteiger partial charge is 0.323 e. The number of aromatic nitrogens is 2. The molecule has 1 aliphatic heterocycles. The van der Waals surface area contributed by atoms with Gasteiger partial charge in [-0.05, 0) is 24.1 Å². The van der Waals surface area contributed by atoms with Gasteiger partial charge in [-0.2, -0.15) is 4.31 Å². The third-order valence-corrected chi connectivity index (χ3v) is 5.59. The van der Waals surface area contributed by atoms with E-state index in [0.717, 1.165) is 0 Å². The number of rotatable bonds is 2. The molecule has 1 fully saturated rings. The lowest BCUT2D eigenvalue weighted by atomic mass is 10.1. The summed E-state index contributed by atoms with van der Waals surface area (Å²) in [6.45, 7) is 2.68. The van der Waals surface area contributed by atoms with Gasteiger partial charge in [0.2, 0.25) is 10.0 Å². The van der Waals surface area contributed by atoms with Crippen molar-refractivity contribution in [2.24, 2.45) is 11.7 Å². The number of fused-ring (bicyclic) bond motifs is 1. The van der Waals surface area contributed by atoms with E-state index in [2.05, 4.69) is 9.97 Å². The molecule has 0 aliphatic carbocycles. The molecule has 108 valence electrons. The van der Waals surface area contributed by atoms with Gasteiger partial charge in [0, 0.05) is 19.1 Å². The second-order valence-electron chi connectivity index (χ2n) is 5.25. The third-order valence-electron chi connectivity index (χ3n) is 3.76. The monoisotopic (exact) mass is 296 g/mol. The molecule has 8 heteroatoms. The number of aromatic amines is 2. The molecule has 1 aromatic carbocycles. The van der Waals surface area contributed by atoms with Crippen LogP contribution in [-0.2, 0) is 10.0 Å². The van der Waals surface area contributed by atoms with Crippen molar-refractivity contribution in [1.29, 1.82) is 0 Å². The van der Waals surface area contributed by atoms with Crippen LogP contribution in [0.1, 0.15) is 6.92 Å². The average Bonchev–Trinajstić information content (AvgIpc) is 2.91. The SMILES string of the molecule is CC1CN(S(=O)(=O)c2ccc3[nH]c(=O)[nH]c3c2)CC1N. The number of hydrogen-bond acceptors (Lipinski definition) is 4. The van der Waals surface area contributed by atoms with E-state index < -0.39 is 10.0 Å². The molecule has 20 heavy (non-hydrogen) atoms. The normalized spacial score (nSPS) is 24.5. The maximum absolute atomic E-state index is 12.5. The van der Waals surface area contributed by atoms with Gasteiger partial charge in [-0.15, -0.1) is 0 Å². The Hall–Kier alpha value is -1.64. The maximum Gasteiger partial charge on any atom is 0.323 e. The molecule has 2 heterocycles. The highest BCUT2D eigenvalue weighted by Gasteiger charge is 2.35. The zero-order valence-corrected chi connectivity index (χ0v) is 11.8. The van der Waals surface area contributed by atoms with E-state index in [0.29, 0.717) is 24.1 Å². The van der Waals surface area contributed by atoms with Crippen molar-refractivity contribution in [1.82, 2.24) is 14.3 Å². The number of benzene rings is 1. The van der Waals surface area contributed by atoms with Crippen LogP contribution in [0, 0.1) is 5.92 Å². The van der Waals surface area contributed by atoms with E-state index >= 15 is 0 Å². The fourth-order valence-electron chi connectivity index (χ4n) is 2.46. The molecule has 0 spiro atoms. The summed E-state index contributed by atoms with van der Waals surface area (Å²) in [6, 6.07) is 4.41. The van der Waals surface area contributed by atoms with Crippen LogP contribution in [0.15, 0.2) is 27.9 Å². The Labute approximate surface area is 115 Å². The molecule has 0 amide bonds. The van der Waals surface area contributed by atoms with Crippen molar-refractivity contribution < 1.29 is 8.42 Å². The number of nitrogens with one attached hydrogen (secondary N) is 2. The molecule has 4 N–H and O–H groups in total. The first kappa shape index (κ1) is 13.3. The molecule has 1 saturated heterocycles. The molecule has 1 aromatic heterocycles. The molecule has 2 unspecified atom stereocenters. The molecule has 0 saturated carbocycles. The van der Waals surface area contributed by atoms with E-state index in [9.17, 15) is 13.2 Å². The minimum atomic E-state index is -3.57. The van der Waals surface area contributed by atoms with E-state index in [1.54, 1.807) is 6.07 Å². The van der Waals surface area contributed by atoms with E-state index in [-0.39, 0.29) is 22.5 Å². The van der Waals surface area contributed by atoms with Crippen molar-refractivity contribution in [2.45, 2.75) is 17.9 Å². The number of sulfonamides is 1. The van der Waals surface area contributed by atoms with Gasteiger partial charge in [0.25, 0.3) is 0 Å². The summed E-state index contributed by atoms with van der Waals surface area (Å²) in [5.74, 6) is 0.139. The lowest BCUT2D eigenvalue weighted by Crippen LogP contribution is -2.32. The topological polar surface area (TPSA) is 112 Å². The Bertz CT molecular complexity index is 797. The number of nitrogens with zero attached hydrogens (tertiary/aromatic N) is 1. The maximum atomic E-state index is 12.5. The van der Waals surface area contributed by atoms with Crippen molar-refractivity contribution in [3.05, 3.63) is 28.7 Å². The van der Waals surface area contributed by atoms with Gasteiger partial charge in [-0.3, -0.25) is 0 Å². The molecule has 0 bridgehead atoms. The van der Waals surface area contributed by atoms with Crippen molar-refractivity contribution >= 4 is 21.1 Å². The van der Waals surface area contributed by atoms with E-state index in [1.807, 2.05) is 6.92 Å². The van der Waals surface area contributed by atoms with Crippen LogP contribution in [0.2, 0.25) is 0 Å². The summed E-state index contributed by atoms with van der Waals surface area (Å²) < 4.78 is 26.5. The first-order chi connectivity index (χ1) is 9.38. The van der Waals surface area contributed by atoms with E-state index in [4.69, 9.17) is 5.73 Å². The van der Waals surface area contributed by atoms with Gasteiger partial charge < -0.3 is 15.7 Å². The van der Waals surface area contributed by atoms with Crippen LogP contribution in [-0.4, -0.2) is 41.8 Å². The first-order valence-corrected chi connectivity index (χ1v) is 7.80. The lowest BCUT2D eigenvalue weighted by molar-refractivity contribution is 0.464. The number of hydrogen-bond donors (Lipinski definition) is 3. The first-order valence-electron chi connectivity index (χ1n) is 6.36. The summed E-state index contributed by atoms with van der Waals surface area (Å²) in [7, 11) is -3.57. The predicted molar refractivity (Wildman–Crippen MR) is 74.8 cm³/mol. The van der Waals surface area contributed by atoms with Gasteiger partial charge in [0.15, 0.2) is 0 Å². The van der Waals surface area contributed by atoms with Gasteiger partial charge in [0.05, 0.1) is 15.9 Å². The summed E-state index contributed by atoms with van der Waals surface area (Å²) >= 11 is 0. The minimum Gasteiger partial charge on any atom is -0.326 e. The molecule has 2 aromatic rings. The number of nitrogens with two attached hydrogens (primary N) is 1. The van der Waals surface area contributed by atoms with Crippen LogP contribution < -0.4 is 11.4 Å². The quantitative estimate of drug-likeness (QED) is 0.714. The summed E-state index contributed by atoms with van der Waals surface area (Å²) in [4.78, 5) is 16.5. The zero-order chi connectivity index (χ0) is 14.5. The molecule has 2 atom stereocenters.